The molecule has 0 bridgehead atoms. The predicted octanol–water partition coefficient (Wildman–Crippen LogP) is 6.21. The number of oxazole rings is 1. The number of rotatable bonds is 1. The van der Waals surface area contributed by atoms with E-state index in [0.29, 0.717) is 5.89 Å². The van der Waals surface area contributed by atoms with Crippen LogP contribution in [0.1, 0.15) is 38.9 Å². The molecule has 1 radical (unpaired) electrons. The summed E-state index contributed by atoms with van der Waals surface area (Å²) in [4.78, 5) is 4.80. The molecule has 0 aliphatic heterocycles. The summed E-state index contributed by atoms with van der Waals surface area (Å²) in [6.45, 7) is 14.8. The van der Waals surface area contributed by atoms with Crippen molar-refractivity contribution in [2.75, 3.05) is 0 Å². The van der Waals surface area contributed by atoms with Crippen molar-refractivity contribution in [2.24, 2.45) is 0 Å². The minimum atomic E-state index is 0. The summed E-state index contributed by atoms with van der Waals surface area (Å²) in [5.74, 6) is 0.660. The topological polar surface area (TPSA) is 26.0 Å². The van der Waals surface area contributed by atoms with Crippen molar-refractivity contribution in [3.63, 3.8) is 0 Å². The van der Waals surface area contributed by atoms with Crippen LogP contribution in [0, 0.1) is 54.5 Å². The molecule has 3 rings (SSSR count). The van der Waals surface area contributed by atoms with Gasteiger partial charge in [0, 0.05) is 20.1 Å². The standard InChI is InChI=1S/C20H21BrNO.Ir/c1-9-8-16(12(4)13(5)17(9)21)20-22-18-14(6)10(2)11(3)15(7)19(18)23-20;/h1-7H3;/q-1;. The maximum Gasteiger partial charge on any atom is 0.144 e. The number of halogens is 1. The molecule has 129 valence electrons. The first-order chi connectivity index (χ1) is 10.7. The fourth-order valence-corrected chi connectivity index (χ4v) is 3.43. The van der Waals surface area contributed by atoms with Crippen LogP contribution in [0.3, 0.4) is 0 Å². The van der Waals surface area contributed by atoms with Crippen molar-refractivity contribution < 1.29 is 24.5 Å². The summed E-state index contributed by atoms with van der Waals surface area (Å²) >= 11 is 3.63. The van der Waals surface area contributed by atoms with Gasteiger partial charge >= 0.3 is 0 Å². The van der Waals surface area contributed by atoms with Crippen LogP contribution in [0.2, 0.25) is 0 Å². The Morgan fingerprint density at radius 3 is 2.00 bits per heavy atom. The molecule has 0 amide bonds. The Labute approximate surface area is 165 Å². The molecule has 1 aromatic heterocycles. The van der Waals surface area contributed by atoms with E-state index in [1.165, 1.54) is 27.8 Å². The second kappa shape index (κ2) is 6.74. The summed E-state index contributed by atoms with van der Waals surface area (Å²) in [6, 6.07) is 3.43. The Kier molecular flexibility index (Phi) is 5.44. The van der Waals surface area contributed by atoms with Crippen LogP contribution in [-0.4, -0.2) is 4.98 Å². The molecule has 0 spiro atoms. The minimum Gasteiger partial charge on any atom is -0.481 e. The van der Waals surface area contributed by atoms with E-state index < -0.39 is 0 Å². The number of nitrogens with zero attached hydrogens (tertiary/aromatic N) is 1. The van der Waals surface area contributed by atoms with Gasteiger partial charge in [-0.2, -0.15) is 0 Å². The van der Waals surface area contributed by atoms with E-state index >= 15 is 0 Å². The van der Waals surface area contributed by atoms with Gasteiger partial charge in [0.1, 0.15) is 17.0 Å². The molecule has 4 heteroatoms. The molecule has 0 atom stereocenters. The second-order valence-electron chi connectivity index (χ2n) is 6.39. The van der Waals surface area contributed by atoms with E-state index in [2.05, 4.69) is 63.5 Å². The van der Waals surface area contributed by atoms with Gasteiger partial charge in [-0.25, -0.2) is 0 Å². The first kappa shape index (κ1) is 19.4. The third-order valence-corrected chi connectivity index (χ3v) is 6.32. The van der Waals surface area contributed by atoms with E-state index in [9.17, 15) is 0 Å². The Bertz CT molecular complexity index is 912. The molecule has 1 heterocycles. The van der Waals surface area contributed by atoms with Crippen LogP contribution in [-0.2, 0) is 20.1 Å². The molecule has 0 aliphatic carbocycles. The maximum absolute atomic E-state index is 6.17. The number of aryl methyl sites for hydroxylation is 3. The van der Waals surface area contributed by atoms with Crippen molar-refractivity contribution in [3.05, 3.63) is 49.5 Å². The maximum atomic E-state index is 6.17. The molecular weight excluding hydrogens is 542 g/mol. The van der Waals surface area contributed by atoms with Gasteiger partial charge in [0.15, 0.2) is 0 Å². The zero-order valence-corrected chi connectivity index (χ0v) is 19.0. The van der Waals surface area contributed by atoms with E-state index in [0.717, 1.165) is 32.3 Å². The minimum absolute atomic E-state index is 0. The van der Waals surface area contributed by atoms with Gasteiger partial charge in [-0.1, -0.05) is 30.8 Å². The van der Waals surface area contributed by atoms with Crippen LogP contribution in [0.4, 0.5) is 0 Å². The zero-order chi connectivity index (χ0) is 17.0. The van der Waals surface area contributed by atoms with E-state index in [1.54, 1.807) is 0 Å². The average Bonchev–Trinajstić information content (AvgIpc) is 2.97. The molecule has 0 saturated carbocycles. The smallest absolute Gasteiger partial charge is 0.144 e. The quantitative estimate of drug-likeness (QED) is 0.329. The average molecular weight is 564 g/mol. The number of benzene rings is 2. The number of hydrogen-bond acceptors (Lipinski definition) is 2. The van der Waals surface area contributed by atoms with Gasteiger partial charge < -0.3 is 4.42 Å². The van der Waals surface area contributed by atoms with Gasteiger partial charge in [-0.3, -0.25) is 4.98 Å². The van der Waals surface area contributed by atoms with E-state index in [4.69, 9.17) is 9.40 Å². The van der Waals surface area contributed by atoms with Crippen molar-refractivity contribution in [3.8, 4) is 11.5 Å². The van der Waals surface area contributed by atoms with Gasteiger partial charge in [-0.15, -0.1) is 38.7 Å². The number of fused-ring (bicyclic) bond motifs is 1. The van der Waals surface area contributed by atoms with Crippen molar-refractivity contribution in [2.45, 2.75) is 48.5 Å². The van der Waals surface area contributed by atoms with Crippen molar-refractivity contribution >= 4 is 27.0 Å². The Hall–Kier alpha value is -0.961. The molecule has 24 heavy (non-hydrogen) atoms. The Morgan fingerprint density at radius 2 is 1.38 bits per heavy atom. The SMILES string of the molecule is Cc1[c-]c(-c2nc3c(C)c(C)c(C)c(C)c3o2)c(C)c(C)c1Br.[Ir]. The summed E-state index contributed by atoms with van der Waals surface area (Å²) < 4.78 is 7.28. The van der Waals surface area contributed by atoms with E-state index in [1.807, 2.05) is 6.92 Å². The summed E-state index contributed by atoms with van der Waals surface area (Å²) in [6.07, 6.45) is 0. The fourth-order valence-electron chi connectivity index (χ4n) is 3.03. The molecule has 2 aromatic carbocycles. The van der Waals surface area contributed by atoms with Gasteiger partial charge in [0.2, 0.25) is 0 Å². The Morgan fingerprint density at radius 1 is 0.792 bits per heavy atom. The van der Waals surface area contributed by atoms with Crippen LogP contribution >= 0.6 is 15.9 Å². The van der Waals surface area contributed by atoms with Crippen molar-refractivity contribution in [1.82, 2.24) is 4.98 Å². The predicted molar refractivity (Wildman–Crippen MR) is 99.1 cm³/mol. The first-order valence-electron chi connectivity index (χ1n) is 7.79. The molecule has 0 unspecified atom stereocenters. The van der Waals surface area contributed by atoms with Crippen LogP contribution in [0.25, 0.3) is 22.6 Å². The van der Waals surface area contributed by atoms with E-state index in [-0.39, 0.29) is 20.1 Å². The molecule has 3 aromatic rings. The Balaban J connectivity index is 0.00000208. The summed E-state index contributed by atoms with van der Waals surface area (Å²) in [5, 5.41) is 0. The number of hydrogen-bond donors (Lipinski definition) is 0. The number of aromatic nitrogens is 1. The van der Waals surface area contributed by atoms with Gasteiger partial charge in [-0.05, 0) is 49.9 Å². The molecule has 0 saturated heterocycles. The normalized spacial score (nSPS) is 11.0. The van der Waals surface area contributed by atoms with Crippen LogP contribution in [0.15, 0.2) is 8.89 Å². The van der Waals surface area contributed by atoms with Crippen LogP contribution in [0.5, 0.6) is 0 Å². The van der Waals surface area contributed by atoms with Crippen molar-refractivity contribution in [1.29, 1.82) is 0 Å². The van der Waals surface area contributed by atoms with Gasteiger partial charge in [0.05, 0.1) is 0 Å². The third kappa shape index (κ3) is 2.79. The first-order valence-corrected chi connectivity index (χ1v) is 8.59. The van der Waals surface area contributed by atoms with Gasteiger partial charge in [0.25, 0.3) is 0 Å². The fraction of sp³-hybridized carbons (Fsp3) is 0.350. The molecule has 2 nitrogen and oxygen atoms in total. The third-order valence-electron chi connectivity index (χ3n) is 5.13. The molecule has 0 fully saturated rings. The molecular formula is C20H21BrIrNO-. The largest absolute Gasteiger partial charge is 0.481 e. The molecule has 0 aliphatic rings. The summed E-state index contributed by atoms with van der Waals surface area (Å²) in [5.41, 5.74) is 11.2. The molecule has 0 N–H and O–H groups in total. The second-order valence-corrected chi connectivity index (χ2v) is 7.18. The zero-order valence-electron chi connectivity index (χ0n) is 15.1. The monoisotopic (exact) mass is 563 g/mol. The van der Waals surface area contributed by atoms with Crippen LogP contribution < -0.4 is 0 Å². The summed E-state index contributed by atoms with van der Waals surface area (Å²) in [7, 11) is 0.